The van der Waals surface area contributed by atoms with E-state index in [1.807, 2.05) is 35.9 Å². The molecule has 4 rings (SSSR count). The first kappa shape index (κ1) is 23.1. The zero-order chi connectivity index (χ0) is 23.6. The number of fused-ring (bicyclic) bond motifs is 1. The highest BCUT2D eigenvalue weighted by Crippen LogP contribution is 2.31. The van der Waals surface area contributed by atoms with E-state index in [1.54, 1.807) is 38.5 Å². The summed E-state index contributed by atoms with van der Waals surface area (Å²) in [7, 11) is -0.350. The van der Waals surface area contributed by atoms with Gasteiger partial charge >= 0.3 is 0 Å². The molecule has 0 radical (unpaired) electrons. The summed E-state index contributed by atoms with van der Waals surface area (Å²) in [4.78, 5) is 13.2. The fourth-order valence-electron chi connectivity index (χ4n) is 4.27. The van der Waals surface area contributed by atoms with Crippen LogP contribution in [0, 0.1) is 0 Å². The molecule has 0 aliphatic carbocycles. The van der Waals surface area contributed by atoms with Crippen LogP contribution in [0.2, 0.25) is 0 Å². The predicted octanol–water partition coefficient (Wildman–Crippen LogP) is 3.32. The van der Waals surface area contributed by atoms with E-state index in [4.69, 9.17) is 9.47 Å². The van der Waals surface area contributed by atoms with Crippen LogP contribution in [0.3, 0.4) is 0 Å². The van der Waals surface area contributed by atoms with Crippen molar-refractivity contribution in [2.75, 3.05) is 27.3 Å². The molecule has 2 aromatic carbocycles. The Kier molecular flexibility index (Phi) is 6.62. The molecule has 0 saturated carbocycles. The van der Waals surface area contributed by atoms with E-state index >= 15 is 0 Å². The number of benzene rings is 2. The lowest BCUT2D eigenvalue weighted by atomic mass is 10.1. The van der Waals surface area contributed by atoms with Crippen LogP contribution >= 0.6 is 0 Å². The summed E-state index contributed by atoms with van der Waals surface area (Å²) in [5.74, 6) is 1.03. The third-order valence-electron chi connectivity index (χ3n) is 6.13. The van der Waals surface area contributed by atoms with Gasteiger partial charge in [-0.3, -0.25) is 4.79 Å². The highest BCUT2D eigenvalue weighted by Gasteiger charge is 2.27. The maximum Gasteiger partial charge on any atom is 0.243 e. The molecule has 9 heteroatoms. The lowest BCUT2D eigenvalue weighted by molar-refractivity contribution is -0.123. The van der Waals surface area contributed by atoms with E-state index < -0.39 is 16.1 Å². The lowest BCUT2D eigenvalue weighted by Gasteiger charge is -2.18. The molecule has 0 unspecified atom stereocenters. The van der Waals surface area contributed by atoms with Gasteiger partial charge in [0.15, 0.2) is 11.5 Å². The van der Waals surface area contributed by atoms with Crippen molar-refractivity contribution in [3.8, 4) is 11.5 Å². The van der Waals surface area contributed by atoms with Gasteiger partial charge in [-0.05, 0) is 50.1 Å². The quantitative estimate of drug-likeness (QED) is 0.544. The molecule has 33 heavy (non-hydrogen) atoms. The number of ether oxygens (including phenoxy) is 2. The van der Waals surface area contributed by atoms with E-state index in [9.17, 15) is 13.2 Å². The van der Waals surface area contributed by atoms with Gasteiger partial charge in [0, 0.05) is 42.3 Å². The third-order valence-corrected chi connectivity index (χ3v) is 8.02. The molecule has 1 aliphatic heterocycles. The standard InChI is InChI=1S/C24H29N3O5S/c1-17(24(28)25-16-19-7-6-8-22(31-2)23(19)32-3)27-14-11-18-15-20(9-10-21(18)27)33(29,30)26-12-4-5-13-26/h6-11,14-15,17H,4-5,12-13,16H2,1-3H3,(H,25,28)/t17-/m1/s1. The smallest absolute Gasteiger partial charge is 0.243 e. The second-order valence-electron chi connectivity index (χ2n) is 8.10. The van der Waals surface area contributed by atoms with Gasteiger partial charge in [-0.15, -0.1) is 0 Å². The second-order valence-corrected chi connectivity index (χ2v) is 10.0. The molecule has 1 aliphatic rings. The number of carbonyl (C=O) groups is 1. The Balaban J connectivity index is 1.51. The Labute approximate surface area is 194 Å². The molecule has 1 N–H and O–H groups in total. The molecular formula is C24H29N3O5S. The second kappa shape index (κ2) is 9.44. The maximum atomic E-state index is 12.9. The van der Waals surface area contributed by atoms with Gasteiger partial charge in [0.1, 0.15) is 6.04 Å². The normalized spacial score (nSPS) is 15.5. The first-order valence-electron chi connectivity index (χ1n) is 10.9. The molecule has 1 aromatic heterocycles. The van der Waals surface area contributed by atoms with E-state index in [0.717, 1.165) is 29.3 Å². The highest BCUT2D eigenvalue weighted by atomic mass is 32.2. The largest absolute Gasteiger partial charge is 0.493 e. The SMILES string of the molecule is COc1cccc(CNC(=O)[C@@H](C)n2ccc3cc(S(=O)(=O)N4CCCC4)ccc32)c1OC. The Morgan fingerprint density at radius 1 is 1.09 bits per heavy atom. The molecule has 8 nitrogen and oxygen atoms in total. The first-order valence-corrected chi connectivity index (χ1v) is 12.4. The number of hydrogen-bond donors (Lipinski definition) is 1. The fraction of sp³-hybridized carbons (Fsp3) is 0.375. The van der Waals surface area contributed by atoms with E-state index in [-0.39, 0.29) is 10.8 Å². The number of hydrogen-bond acceptors (Lipinski definition) is 5. The Morgan fingerprint density at radius 3 is 2.55 bits per heavy atom. The highest BCUT2D eigenvalue weighted by molar-refractivity contribution is 7.89. The van der Waals surface area contributed by atoms with Gasteiger partial charge in [0.05, 0.1) is 19.1 Å². The molecule has 0 bridgehead atoms. The van der Waals surface area contributed by atoms with Crippen molar-refractivity contribution in [2.45, 2.75) is 37.2 Å². The van der Waals surface area contributed by atoms with Crippen molar-refractivity contribution < 1.29 is 22.7 Å². The first-order chi connectivity index (χ1) is 15.9. The molecule has 1 atom stereocenters. The summed E-state index contributed by atoms with van der Waals surface area (Å²) in [6.45, 7) is 3.24. The molecule has 2 heterocycles. The Morgan fingerprint density at radius 2 is 1.85 bits per heavy atom. The van der Waals surface area contributed by atoms with Crippen LogP contribution in [0.1, 0.15) is 31.4 Å². The maximum absolute atomic E-state index is 12.9. The number of aromatic nitrogens is 1. The van der Waals surface area contributed by atoms with E-state index in [1.165, 1.54) is 4.31 Å². The summed E-state index contributed by atoms with van der Waals surface area (Å²) < 4.78 is 39.9. The zero-order valence-corrected chi connectivity index (χ0v) is 19.9. The minimum atomic E-state index is -3.49. The van der Waals surface area contributed by atoms with Crippen molar-refractivity contribution >= 4 is 26.8 Å². The van der Waals surface area contributed by atoms with Gasteiger partial charge in [-0.25, -0.2) is 8.42 Å². The average Bonchev–Trinajstić information content (AvgIpc) is 3.52. The van der Waals surface area contributed by atoms with Gasteiger partial charge in [0.25, 0.3) is 0 Å². The zero-order valence-electron chi connectivity index (χ0n) is 19.1. The molecule has 1 amide bonds. The van der Waals surface area contributed by atoms with Crippen LogP contribution < -0.4 is 14.8 Å². The number of amides is 1. The van der Waals surface area contributed by atoms with Crippen LogP contribution in [0.4, 0.5) is 0 Å². The predicted molar refractivity (Wildman–Crippen MR) is 126 cm³/mol. The molecule has 0 spiro atoms. The van der Waals surface area contributed by atoms with Crippen LogP contribution in [0.15, 0.2) is 53.6 Å². The number of sulfonamides is 1. The summed E-state index contributed by atoms with van der Waals surface area (Å²) in [6.07, 6.45) is 3.60. The monoisotopic (exact) mass is 471 g/mol. The van der Waals surface area contributed by atoms with Gasteiger partial charge in [-0.1, -0.05) is 12.1 Å². The van der Waals surface area contributed by atoms with E-state index in [0.29, 0.717) is 31.1 Å². The number of nitrogens with one attached hydrogen (secondary N) is 1. The van der Waals surface area contributed by atoms with Crippen molar-refractivity contribution in [1.29, 1.82) is 0 Å². The number of nitrogens with zero attached hydrogens (tertiary/aromatic N) is 2. The molecule has 3 aromatic rings. The van der Waals surface area contributed by atoms with Crippen LogP contribution in [0.5, 0.6) is 11.5 Å². The number of carbonyl (C=O) groups excluding carboxylic acids is 1. The topological polar surface area (TPSA) is 89.9 Å². The van der Waals surface area contributed by atoms with Crippen molar-refractivity contribution in [2.24, 2.45) is 0 Å². The number of para-hydroxylation sites is 1. The van der Waals surface area contributed by atoms with Gasteiger partial charge in [-0.2, -0.15) is 4.31 Å². The Bertz CT molecular complexity index is 1260. The summed E-state index contributed by atoms with van der Waals surface area (Å²) in [5.41, 5.74) is 1.61. The molecule has 176 valence electrons. The Hall–Kier alpha value is -3.04. The van der Waals surface area contributed by atoms with Crippen LogP contribution in [0.25, 0.3) is 10.9 Å². The van der Waals surface area contributed by atoms with Gasteiger partial charge < -0.3 is 19.4 Å². The minimum Gasteiger partial charge on any atom is -0.493 e. The fourth-order valence-corrected chi connectivity index (χ4v) is 5.82. The third kappa shape index (κ3) is 4.43. The summed E-state index contributed by atoms with van der Waals surface area (Å²) in [5, 5.41) is 3.73. The van der Waals surface area contributed by atoms with Crippen molar-refractivity contribution in [3.05, 3.63) is 54.2 Å². The molecule has 1 saturated heterocycles. The number of rotatable bonds is 8. The number of methoxy groups -OCH3 is 2. The summed E-state index contributed by atoms with van der Waals surface area (Å²) in [6, 6.07) is 12.0. The van der Waals surface area contributed by atoms with Crippen LogP contribution in [-0.2, 0) is 21.4 Å². The average molecular weight is 472 g/mol. The summed E-state index contributed by atoms with van der Waals surface area (Å²) >= 11 is 0. The lowest BCUT2D eigenvalue weighted by Crippen LogP contribution is -2.30. The van der Waals surface area contributed by atoms with Crippen molar-refractivity contribution in [1.82, 2.24) is 14.2 Å². The van der Waals surface area contributed by atoms with E-state index in [2.05, 4.69) is 5.32 Å². The minimum absolute atomic E-state index is 0.161. The van der Waals surface area contributed by atoms with Crippen molar-refractivity contribution in [3.63, 3.8) is 0 Å². The van der Waals surface area contributed by atoms with Crippen LogP contribution in [-0.4, -0.2) is 50.5 Å². The molecular weight excluding hydrogens is 442 g/mol. The van der Waals surface area contributed by atoms with Gasteiger partial charge in [0.2, 0.25) is 15.9 Å². The molecule has 1 fully saturated rings.